The number of unbranched alkanes of at least 4 members (excludes halogenated alkanes) is 10. The Morgan fingerprint density at radius 2 is 1.23 bits per heavy atom. The molecule has 56 heavy (non-hydrogen) atoms. The quantitative estimate of drug-likeness (QED) is 0.0619. The maximum absolute atomic E-state index is 12.6. The van der Waals surface area contributed by atoms with Crippen molar-refractivity contribution in [1.82, 2.24) is 15.5 Å². The van der Waals surface area contributed by atoms with Gasteiger partial charge in [0, 0.05) is 31.6 Å². The van der Waals surface area contributed by atoms with E-state index in [0.29, 0.717) is 13.1 Å². The highest BCUT2D eigenvalue weighted by Crippen LogP contribution is 2.39. The van der Waals surface area contributed by atoms with Crippen molar-refractivity contribution < 1.29 is 19.4 Å². The molecule has 1 fully saturated rings. The van der Waals surface area contributed by atoms with Crippen molar-refractivity contribution in [3.8, 4) is 11.1 Å². The lowest BCUT2D eigenvalue weighted by molar-refractivity contribution is -0.253. The molecule has 4 aromatic rings. The second-order valence-corrected chi connectivity index (χ2v) is 15.5. The van der Waals surface area contributed by atoms with E-state index in [2.05, 4.69) is 77.9 Å². The van der Waals surface area contributed by atoms with Gasteiger partial charge < -0.3 is 30.1 Å². The molecule has 7 heteroatoms. The fourth-order valence-corrected chi connectivity index (χ4v) is 7.64. The summed E-state index contributed by atoms with van der Waals surface area (Å²) in [5.41, 5.74) is 7.26. The van der Waals surface area contributed by atoms with Crippen molar-refractivity contribution in [3.63, 3.8) is 0 Å². The fraction of sp³-hybridized carbons (Fsp3) is 0.490. The second-order valence-electron chi connectivity index (χ2n) is 15.5. The molecule has 4 aromatic carbocycles. The number of benzene rings is 4. The Kier molecular flexibility index (Phi) is 18.9. The number of nitrogens with zero attached hydrogens (tertiary/aromatic N) is 1. The van der Waals surface area contributed by atoms with Crippen LogP contribution >= 0.6 is 0 Å². The Hall–Kier alpha value is -4.01. The third-order valence-corrected chi connectivity index (χ3v) is 11.0. The molecule has 0 aliphatic carbocycles. The fourth-order valence-electron chi connectivity index (χ4n) is 7.64. The molecular weight excluding hydrogens is 695 g/mol. The van der Waals surface area contributed by atoms with Crippen molar-refractivity contribution >= 4 is 6.03 Å². The number of carbonyl (C=O) groups is 1. The number of ether oxygens (including phenoxy) is 2. The number of rotatable bonds is 24. The largest absolute Gasteiger partial charge is 0.392 e. The predicted molar refractivity (Wildman–Crippen MR) is 229 cm³/mol. The van der Waals surface area contributed by atoms with Crippen LogP contribution in [0.25, 0.3) is 11.1 Å². The van der Waals surface area contributed by atoms with E-state index in [1.165, 1.54) is 77.0 Å². The molecule has 3 N–H and O–H groups in total. The maximum atomic E-state index is 12.6. The van der Waals surface area contributed by atoms with Crippen LogP contribution in [0.3, 0.4) is 0 Å². The van der Waals surface area contributed by atoms with Crippen molar-refractivity contribution in [2.75, 3.05) is 19.6 Å². The van der Waals surface area contributed by atoms with Gasteiger partial charge in [-0.2, -0.15) is 0 Å². The van der Waals surface area contributed by atoms with Gasteiger partial charge in [-0.1, -0.05) is 181 Å². The molecule has 302 valence electrons. The monoisotopic (exact) mass is 762 g/mol. The van der Waals surface area contributed by atoms with E-state index in [1.807, 2.05) is 54.6 Å². The molecule has 0 unspecified atom stereocenters. The third-order valence-electron chi connectivity index (χ3n) is 11.0. The summed E-state index contributed by atoms with van der Waals surface area (Å²) < 4.78 is 13.6. The highest BCUT2D eigenvalue weighted by molar-refractivity contribution is 5.75. The Morgan fingerprint density at radius 3 is 1.89 bits per heavy atom. The molecule has 1 aliphatic rings. The molecule has 0 saturated carbocycles. The van der Waals surface area contributed by atoms with Crippen LogP contribution in [-0.2, 0) is 29.2 Å². The van der Waals surface area contributed by atoms with Gasteiger partial charge in [0.1, 0.15) is 0 Å². The Morgan fingerprint density at radius 1 is 0.643 bits per heavy atom. The highest BCUT2D eigenvalue weighted by Gasteiger charge is 2.33. The molecule has 1 saturated heterocycles. The van der Waals surface area contributed by atoms with Gasteiger partial charge in [-0.3, -0.25) is 0 Å². The van der Waals surface area contributed by atoms with E-state index in [1.54, 1.807) is 0 Å². The molecule has 5 rings (SSSR count). The molecule has 2 amide bonds. The maximum Gasteiger partial charge on any atom is 0.315 e. The topological polar surface area (TPSA) is 83.1 Å². The molecule has 0 bridgehead atoms. The minimum absolute atomic E-state index is 0.0240. The standard InChI is InChI=1S/C49H67N3O4/c1-3-5-7-9-11-18-32-52(33-19-12-10-8-6-4-2)37-45-34-47(42-26-24-40(38-53)25-27-42)56-48(55-45)43-30-28-41(29-31-43)46-23-17-16-22-44(46)36-51-49(54)50-35-39-20-14-13-15-21-39/h13-17,20-31,45,47-48,53H,3-12,18-19,32-38H2,1-2H3,(H2,50,51,54)/t45-,47+,48+/m1/s1. The van der Waals surface area contributed by atoms with Crippen molar-refractivity contribution in [1.29, 1.82) is 0 Å². The van der Waals surface area contributed by atoms with E-state index in [4.69, 9.17) is 9.47 Å². The van der Waals surface area contributed by atoms with Gasteiger partial charge in [-0.15, -0.1) is 0 Å². The van der Waals surface area contributed by atoms with Crippen molar-refractivity contribution in [3.05, 3.63) is 131 Å². The van der Waals surface area contributed by atoms with Gasteiger partial charge >= 0.3 is 6.03 Å². The van der Waals surface area contributed by atoms with Crippen LogP contribution in [0.1, 0.15) is 138 Å². The molecular formula is C49H67N3O4. The van der Waals surface area contributed by atoms with Crippen LogP contribution < -0.4 is 10.6 Å². The van der Waals surface area contributed by atoms with E-state index in [-0.39, 0.29) is 24.8 Å². The van der Waals surface area contributed by atoms with Gasteiger partial charge in [0.05, 0.1) is 18.8 Å². The first-order valence-corrected chi connectivity index (χ1v) is 21.5. The molecule has 3 atom stereocenters. The van der Waals surface area contributed by atoms with Gasteiger partial charge in [0.2, 0.25) is 0 Å². The SMILES string of the molecule is CCCCCCCCN(CCCCCCCC)C[C@H]1C[C@@H](c2ccc(CO)cc2)O[C@@H](c2ccc(-c3ccccc3CNC(=O)NCc3ccccc3)cc2)O1. The zero-order valence-corrected chi connectivity index (χ0v) is 34.1. The Balaban J connectivity index is 1.26. The van der Waals surface area contributed by atoms with Crippen LogP contribution in [0.2, 0.25) is 0 Å². The minimum atomic E-state index is -0.500. The Labute approximate surface area is 337 Å². The summed E-state index contributed by atoms with van der Waals surface area (Å²) in [5, 5.41) is 15.7. The van der Waals surface area contributed by atoms with Crippen LogP contribution in [-0.4, -0.2) is 41.8 Å². The lowest BCUT2D eigenvalue weighted by Gasteiger charge is -2.38. The smallest absolute Gasteiger partial charge is 0.315 e. The highest BCUT2D eigenvalue weighted by atomic mass is 16.7. The summed E-state index contributed by atoms with van der Waals surface area (Å²) in [6, 6.07) is 34.6. The average Bonchev–Trinajstić information content (AvgIpc) is 3.25. The van der Waals surface area contributed by atoms with E-state index in [9.17, 15) is 9.90 Å². The lowest BCUT2D eigenvalue weighted by Crippen LogP contribution is -2.40. The number of nitrogens with one attached hydrogen (secondary N) is 2. The van der Waals surface area contributed by atoms with Crippen molar-refractivity contribution in [2.24, 2.45) is 0 Å². The summed E-state index contributed by atoms with van der Waals surface area (Å²) in [7, 11) is 0. The van der Waals surface area contributed by atoms with Gasteiger partial charge in [-0.25, -0.2) is 4.79 Å². The molecule has 0 radical (unpaired) electrons. The first-order valence-electron chi connectivity index (χ1n) is 21.5. The molecule has 1 aliphatic heterocycles. The molecule has 0 spiro atoms. The van der Waals surface area contributed by atoms with Crippen LogP contribution in [0.15, 0.2) is 103 Å². The Bertz CT molecular complexity index is 1650. The van der Waals surface area contributed by atoms with Gasteiger partial charge in [0.15, 0.2) is 6.29 Å². The first-order chi connectivity index (χ1) is 27.6. The summed E-state index contributed by atoms with van der Waals surface area (Å²) in [4.78, 5) is 15.3. The minimum Gasteiger partial charge on any atom is -0.392 e. The van der Waals surface area contributed by atoms with Crippen molar-refractivity contribution in [2.45, 2.75) is 136 Å². The second kappa shape index (κ2) is 24.6. The normalized spacial score (nSPS) is 16.9. The van der Waals surface area contributed by atoms with Crippen LogP contribution in [0.4, 0.5) is 4.79 Å². The lowest BCUT2D eigenvalue weighted by atomic mass is 9.97. The van der Waals surface area contributed by atoms with Crippen LogP contribution in [0, 0.1) is 0 Å². The number of amides is 2. The molecule has 1 heterocycles. The number of urea groups is 1. The summed E-state index contributed by atoms with van der Waals surface area (Å²) in [6.07, 6.45) is 15.8. The first kappa shape index (κ1) is 43.1. The number of aliphatic hydroxyl groups is 1. The van der Waals surface area contributed by atoms with E-state index < -0.39 is 6.29 Å². The molecule has 7 nitrogen and oxygen atoms in total. The zero-order valence-electron chi connectivity index (χ0n) is 34.1. The van der Waals surface area contributed by atoms with Gasteiger partial charge in [0.25, 0.3) is 0 Å². The third kappa shape index (κ3) is 14.5. The zero-order chi connectivity index (χ0) is 39.2. The van der Waals surface area contributed by atoms with Crippen LogP contribution in [0.5, 0.6) is 0 Å². The number of hydrogen-bond acceptors (Lipinski definition) is 5. The summed E-state index contributed by atoms with van der Waals surface area (Å²) in [5.74, 6) is 0. The summed E-state index contributed by atoms with van der Waals surface area (Å²) >= 11 is 0. The van der Waals surface area contributed by atoms with E-state index in [0.717, 1.165) is 65.0 Å². The average molecular weight is 762 g/mol. The number of carbonyl (C=O) groups excluding carboxylic acids is 1. The van der Waals surface area contributed by atoms with E-state index >= 15 is 0 Å². The predicted octanol–water partition coefficient (Wildman–Crippen LogP) is 11.4. The summed E-state index contributed by atoms with van der Waals surface area (Å²) in [6.45, 7) is 8.60. The number of aliphatic hydroxyl groups excluding tert-OH is 1. The van der Waals surface area contributed by atoms with Gasteiger partial charge in [-0.05, 0) is 59.3 Å². The number of hydrogen-bond donors (Lipinski definition) is 3. The molecule has 0 aromatic heterocycles.